The Morgan fingerprint density at radius 2 is 1.46 bits per heavy atom. The first-order chi connectivity index (χ1) is 31.8. The molecule has 14 nitrogen and oxygen atoms in total. The maximum Gasteiger partial charge on any atom is 0.246 e. The molecule has 0 aliphatic carbocycles. The molecule has 4 amide bonds. The number of primary amides is 1. The molecule has 9 atom stereocenters. The number of benzene rings is 1. The fraction of sp³-hybridized carbons (Fsp3) is 0.792. The van der Waals surface area contributed by atoms with Crippen LogP contribution in [0.3, 0.4) is 0 Å². The second kappa shape index (κ2) is 35.6. The van der Waals surface area contributed by atoms with Crippen LogP contribution >= 0.6 is 0 Å². The van der Waals surface area contributed by atoms with Crippen molar-refractivity contribution in [2.24, 2.45) is 41.1 Å². The third-order valence-corrected chi connectivity index (χ3v) is 13.4. The van der Waals surface area contributed by atoms with Crippen LogP contribution in [0.4, 0.5) is 0 Å². The van der Waals surface area contributed by atoms with E-state index in [4.69, 9.17) is 25.8 Å². The van der Waals surface area contributed by atoms with Crippen LogP contribution in [0.2, 0.25) is 0 Å². The van der Waals surface area contributed by atoms with Crippen LogP contribution < -0.4 is 16.8 Å². The average Bonchev–Trinajstić information content (AvgIpc) is 3.80. The molecule has 0 spiro atoms. The second-order valence-corrected chi connectivity index (χ2v) is 19.2. The molecule has 2 aliphatic rings. The molecule has 388 valence electrons. The fourth-order valence-electron chi connectivity index (χ4n) is 8.85. The molecule has 2 saturated heterocycles. The minimum atomic E-state index is -0.430. The molecule has 1 aromatic carbocycles. The Bertz CT molecular complexity index is 1510. The van der Waals surface area contributed by atoms with Crippen molar-refractivity contribution in [3.63, 3.8) is 0 Å². The van der Waals surface area contributed by atoms with E-state index in [2.05, 4.69) is 50.0 Å². The highest BCUT2D eigenvalue weighted by molar-refractivity contribution is 5.90. The van der Waals surface area contributed by atoms with Gasteiger partial charge in [0.05, 0.1) is 49.3 Å². The van der Waals surface area contributed by atoms with E-state index in [0.717, 1.165) is 77.4 Å². The van der Waals surface area contributed by atoms with E-state index in [9.17, 15) is 24.0 Å². The van der Waals surface area contributed by atoms with Gasteiger partial charge in [0.25, 0.3) is 0 Å². The summed E-state index contributed by atoms with van der Waals surface area (Å²) in [5.74, 6) is 0.662. The zero-order valence-electron chi connectivity index (χ0n) is 44.8. The molecule has 0 saturated carbocycles. The van der Waals surface area contributed by atoms with Crippen LogP contribution in [-0.4, -0.2) is 129 Å². The minimum absolute atomic E-state index is 0.0142. The van der Waals surface area contributed by atoms with E-state index in [1.807, 2.05) is 71.7 Å². The predicted molar refractivity (Wildman–Crippen MR) is 272 cm³/mol. The van der Waals surface area contributed by atoms with E-state index in [1.165, 1.54) is 17.6 Å². The van der Waals surface area contributed by atoms with Crippen LogP contribution in [0.5, 0.6) is 0 Å². The Morgan fingerprint density at radius 3 is 1.96 bits per heavy atom. The second-order valence-electron chi connectivity index (χ2n) is 19.2. The zero-order chi connectivity index (χ0) is 51.2. The number of Topliss-reactive ketones (excluding diaryl/α,β-unsaturated/α-hetero) is 1. The number of nitrogens with zero attached hydrogens (tertiary/aromatic N) is 3. The maximum atomic E-state index is 12.9. The number of methoxy groups -OCH3 is 2. The van der Waals surface area contributed by atoms with Gasteiger partial charge in [0.15, 0.2) is 5.78 Å². The number of likely N-dealkylation sites (N-methyl/N-ethyl adjacent to an activating group) is 1. The number of carbonyl (C=O) groups excluding carboxylic acids is 5. The van der Waals surface area contributed by atoms with Gasteiger partial charge >= 0.3 is 0 Å². The number of carbonyl (C=O) groups is 5. The first kappa shape index (κ1) is 63.6. The fourth-order valence-corrected chi connectivity index (χ4v) is 8.85. The standard InChI is InChI=1S/C19H36N2O4.C18H37N3O2.C14H19NO2.C2H6/c1-7-12(2)13(3)16(24-5)11-17(22)21-10-8-9-15(21)18(25-6)14(4)19(20)23;1-13(2)16(15(5)22)20-18(23)17(14(3)4)21(6)12-10-8-7-9-11-19;1-12(13-7-3-2-4-8-13)11-14(16)15-9-5-6-10-17-15;1-2/h12-16,18H,7-11H2,1-6H3,(H2,20,23);13-14,16-17H,7-12,19H2,1-6H3,(H,20,23);2-4,7-8,12H,5-6,9-11H2,1H3;1-2H3/t;16-,17?;;/m.0../s1. The molecule has 0 bridgehead atoms. The van der Waals surface area contributed by atoms with Crippen molar-refractivity contribution < 1.29 is 38.3 Å². The number of ether oxygens (including phenoxy) is 2. The lowest BCUT2D eigenvalue weighted by atomic mass is 9.87. The molecular weight excluding hydrogens is 849 g/mol. The largest absolute Gasteiger partial charge is 0.381 e. The summed E-state index contributed by atoms with van der Waals surface area (Å²) in [5.41, 5.74) is 12.2. The monoisotopic (exact) mass is 947 g/mol. The Hall–Kier alpha value is -3.43. The maximum absolute atomic E-state index is 12.9. The number of nitrogens with two attached hydrogens (primary N) is 2. The number of ketones is 1. The third-order valence-electron chi connectivity index (χ3n) is 13.4. The van der Waals surface area contributed by atoms with E-state index < -0.39 is 17.9 Å². The van der Waals surface area contributed by atoms with E-state index >= 15 is 0 Å². The summed E-state index contributed by atoms with van der Waals surface area (Å²) < 4.78 is 11.2. The molecular formula is C53H98N6O8. The van der Waals surface area contributed by atoms with Crippen molar-refractivity contribution in [2.45, 2.75) is 190 Å². The molecule has 5 N–H and O–H groups in total. The van der Waals surface area contributed by atoms with E-state index in [0.29, 0.717) is 37.8 Å². The van der Waals surface area contributed by atoms with Gasteiger partial charge in [-0.15, -0.1) is 0 Å². The van der Waals surface area contributed by atoms with Crippen LogP contribution in [0.15, 0.2) is 30.3 Å². The Morgan fingerprint density at radius 1 is 0.836 bits per heavy atom. The topological polar surface area (TPSA) is 187 Å². The van der Waals surface area contributed by atoms with Gasteiger partial charge in [-0.05, 0) is 101 Å². The summed E-state index contributed by atoms with van der Waals surface area (Å²) in [6.45, 7) is 27.6. The average molecular weight is 947 g/mol. The molecule has 3 rings (SSSR count). The van der Waals surface area contributed by atoms with Gasteiger partial charge in [0.1, 0.15) is 0 Å². The quantitative estimate of drug-likeness (QED) is 0.0808. The van der Waals surface area contributed by atoms with Gasteiger partial charge in [0.2, 0.25) is 23.6 Å². The van der Waals surface area contributed by atoms with Crippen LogP contribution in [0.1, 0.15) is 165 Å². The van der Waals surface area contributed by atoms with Crippen LogP contribution in [0.25, 0.3) is 0 Å². The molecule has 67 heavy (non-hydrogen) atoms. The third kappa shape index (κ3) is 23.2. The van der Waals surface area contributed by atoms with Crippen molar-refractivity contribution in [1.82, 2.24) is 20.2 Å². The number of amides is 4. The van der Waals surface area contributed by atoms with Gasteiger partial charge in [-0.2, -0.15) is 0 Å². The van der Waals surface area contributed by atoms with E-state index in [1.54, 1.807) is 21.1 Å². The molecule has 0 aromatic heterocycles. The number of hydroxylamine groups is 2. The number of nitrogens with one attached hydrogen (secondary N) is 1. The lowest BCUT2D eigenvalue weighted by molar-refractivity contribution is -0.197. The number of hydrogen-bond acceptors (Lipinski definition) is 10. The summed E-state index contributed by atoms with van der Waals surface area (Å²) in [6.07, 6.45) is 9.73. The summed E-state index contributed by atoms with van der Waals surface area (Å²) in [7, 11) is 5.24. The highest BCUT2D eigenvalue weighted by Gasteiger charge is 2.40. The Kier molecular flexibility index (Phi) is 33.8. The van der Waals surface area contributed by atoms with Gasteiger partial charge in [-0.1, -0.05) is 126 Å². The lowest BCUT2D eigenvalue weighted by Crippen LogP contribution is -2.53. The first-order valence-corrected chi connectivity index (χ1v) is 25.6. The minimum Gasteiger partial charge on any atom is -0.381 e. The van der Waals surface area contributed by atoms with Gasteiger partial charge < -0.3 is 31.2 Å². The van der Waals surface area contributed by atoms with Crippen molar-refractivity contribution in [2.75, 3.05) is 54.1 Å². The van der Waals surface area contributed by atoms with Crippen molar-refractivity contribution in [3.8, 4) is 0 Å². The van der Waals surface area contributed by atoms with Crippen molar-refractivity contribution in [1.29, 1.82) is 0 Å². The number of likely N-dealkylation sites (tertiary alicyclic amines) is 1. The number of rotatable bonds is 25. The summed E-state index contributed by atoms with van der Waals surface area (Å²) in [5, 5.41) is 4.47. The Balaban J connectivity index is 0.000000971. The van der Waals surface area contributed by atoms with Gasteiger partial charge in [-0.25, -0.2) is 5.06 Å². The molecule has 2 heterocycles. The zero-order valence-corrected chi connectivity index (χ0v) is 44.8. The summed E-state index contributed by atoms with van der Waals surface area (Å²) >= 11 is 0. The van der Waals surface area contributed by atoms with Crippen molar-refractivity contribution in [3.05, 3.63) is 35.9 Å². The van der Waals surface area contributed by atoms with Gasteiger partial charge in [-0.3, -0.25) is 33.7 Å². The summed E-state index contributed by atoms with van der Waals surface area (Å²) in [4.78, 5) is 70.2. The number of unbranched alkanes of at least 4 members (excludes halogenated alkanes) is 3. The summed E-state index contributed by atoms with van der Waals surface area (Å²) in [6, 6.07) is 9.43. The highest BCUT2D eigenvalue weighted by Crippen LogP contribution is 2.29. The smallest absolute Gasteiger partial charge is 0.246 e. The lowest BCUT2D eigenvalue weighted by Gasteiger charge is -2.35. The molecule has 0 radical (unpaired) electrons. The van der Waals surface area contributed by atoms with E-state index in [-0.39, 0.29) is 65.6 Å². The van der Waals surface area contributed by atoms with Crippen LogP contribution in [-0.2, 0) is 38.3 Å². The van der Waals surface area contributed by atoms with Crippen LogP contribution in [0, 0.1) is 29.6 Å². The molecule has 8 unspecified atom stereocenters. The molecule has 2 aliphatic heterocycles. The predicted octanol–water partition coefficient (Wildman–Crippen LogP) is 8.15. The van der Waals surface area contributed by atoms with Crippen molar-refractivity contribution >= 4 is 29.4 Å². The Labute approximate surface area is 407 Å². The normalized spacial score (nSPS) is 18.4. The first-order valence-electron chi connectivity index (χ1n) is 25.6. The SMILES string of the molecule is CC.CC(=O)[C@@H](NC(=O)C(C(C)C)N(C)CCCCCCN)C(C)C.CC(CC(=O)N1CCCCO1)c1ccccc1.CCC(C)C(C)C(CC(=O)N1CCCC1C(OC)C(C)C(N)=O)OC. The highest BCUT2D eigenvalue weighted by atomic mass is 16.7. The molecule has 14 heteroatoms. The molecule has 2 fully saturated rings. The van der Waals surface area contributed by atoms with Gasteiger partial charge in [0, 0.05) is 33.7 Å². The number of hydrogen-bond donors (Lipinski definition) is 3. The molecule has 1 aromatic rings.